The first-order valence-corrected chi connectivity index (χ1v) is 6.03. The van der Waals surface area contributed by atoms with E-state index in [1.807, 2.05) is 5.38 Å². The number of nitrogens with zero attached hydrogens (tertiary/aromatic N) is 4. The number of carbonyl (C=O) groups is 2. The van der Waals surface area contributed by atoms with Gasteiger partial charge in [-0.25, -0.2) is 4.79 Å². The fraction of sp³-hybridized carbons (Fsp3) is 0.400. The maximum Gasteiger partial charge on any atom is 0.334 e. The number of likely N-dealkylation sites (tertiary alicyclic amines) is 1. The summed E-state index contributed by atoms with van der Waals surface area (Å²) in [5.41, 5.74) is 8.28. The van der Waals surface area contributed by atoms with Crippen LogP contribution in [0.3, 0.4) is 0 Å². The first-order chi connectivity index (χ1) is 8.69. The largest absolute Gasteiger partial charge is 0.467 e. The fourth-order valence-corrected chi connectivity index (χ4v) is 2.59. The van der Waals surface area contributed by atoms with E-state index in [-0.39, 0.29) is 12.5 Å². The number of methoxy groups -OCH3 is 1. The summed E-state index contributed by atoms with van der Waals surface area (Å²) in [5, 5.41) is 5.17. The molecule has 2 atom stereocenters. The molecule has 0 aromatic carbocycles. The van der Waals surface area contributed by atoms with Crippen molar-refractivity contribution < 1.29 is 14.3 Å². The first-order valence-electron chi connectivity index (χ1n) is 5.15. The van der Waals surface area contributed by atoms with Crippen molar-refractivity contribution in [3.8, 4) is 0 Å². The molecule has 2 unspecified atom stereocenters. The zero-order valence-corrected chi connectivity index (χ0v) is 10.3. The molecule has 0 saturated carbocycles. The molecule has 0 spiro atoms. The van der Waals surface area contributed by atoms with Gasteiger partial charge >= 0.3 is 5.97 Å². The third-order valence-corrected chi connectivity index (χ3v) is 3.60. The van der Waals surface area contributed by atoms with Crippen LogP contribution in [0.25, 0.3) is 10.4 Å². The summed E-state index contributed by atoms with van der Waals surface area (Å²) in [6.07, 6.45) is 0. The highest BCUT2D eigenvalue weighted by Gasteiger charge is 2.44. The van der Waals surface area contributed by atoms with Gasteiger partial charge in [0.1, 0.15) is 6.04 Å². The van der Waals surface area contributed by atoms with Gasteiger partial charge in [-0.3, -0.25) is 4.79 Å². The highest BCUT2D eigenvalue weighted by Crippen LogP contribution is 2.31. The Morgan fingerprint density at radius 3 is 3.06 bits per heavy atom. The lowest BCUT2D eigenvalue weighted by Crippen LogP contribution is -2.58. The van der Waals surface area contributed by atoms with Crippen LogP contribution in [0, 0.1) is 0 Å². The van der Waals surface area contributed by atoms with E-state index in [0.29, 0.717) is 0 Å². The molecule has 8 heteroatoms. The lowest BCUT2D eigenvalue weighted by Gasteiger charge is -2.39. The average Bonchev–Trinajstić information content (AvgIpc) is 2.90. The van der Waals surface area contributed by atoms with Gasteiger partial charge in [0.25, 0.3) is 0 Å². The summed E-state index contributed by atoms with van der Waals surface area (Å²) in [6, 6.07) is 2.11. The van der Waals surface area contributed by atoms with Crippen molar-refractivity contribution in [1.29, 1.82) is 0 Å². The van der Waals surface area contributed by atoms with Crippen molar-refractivity contribution in [2.75, 3.05) is 13.7 Å². The minimum Gasteiger partial charge on any atom is -0.467 e. The molecule has 18 heavy (non-hydrogen) atoms. The number of ether oxygens (including phenoxy) is 1. The van der Waals surface area contributed by atoms with Gasteiger partial charge in [-0.05, 0) is 17.0 Å². The summed E-state index contributed by atoms with van der Waals surface area (Å²) in [6.45, 7) is 0.237. The van der Waals surface area contributed by atoms with Crippen LogP contribution >= 0.6 is 11.3 Å². The predicted octanol–water partition coefficient (Wildman–Crippen LogP) is 1.48. The highest BCUT2D eigenvalue weighted by atomic mass is 32.1. The second-order valence-corrected chi connectivity index (χ2v) is 4.63. The van der Waals surface area contributed by atoms with Gasteiger partial charge in [-0.2, -0.15) is 0 Å². The van der Waals surface area contributed by atoms with Crippen LogP contribution in [0.2, 0.25) is 0 Å². The van der Waals surface area contributed by atoms with Gasteiger partial charge in [0, 0.05) is 16.3 Å². The minimum atomic E-state index is -0.743. The van der Waals surface area contributed by atoms with E-state index >= 15 is 0 Å². The molecule has 0 aliphatic carbocycles. The van der Waals surface area contributed by atoms with E-state index in [2.05, 4.69) is 10.0 Å². The zero-order valence-electron chi connectivity index (χ0n) is 9.52. The van der Waals surface area contributed by atoms with E-state index in [0.717, 1.165) is 4.88 Å². The quantitative estimate of drug-likeness (QED) is 0.271. The Morgan fingerprint density at radius 2 is 2.56 bits per heavy atom. The predicted molar refractivity (Wildman–Crippen MR) is 63.7 cm³/mol. The third kappa shape index (κ3) is 2.03. The topological polar surface area (TPSA) is 95.4 Å². The molecule has 0 bridgehead atoms. The molecule has 1 aromatic rings. The zero-order chi connectivity index (χ0) is 13.1. The molecule has 0 radical (unpaired) electrons. The van der Waals surface area contributed by atoms with Crippen LogP contribution in [-0.4, -0.2) is 36.5 Å². The summed E-state index contributed by atoms with van der Waals surface area (Å²) in [5.74, 6) is -0.846. The van der Waals surface area contributed by atoms with E-state index in [9.17, 15) is 9.59 Å². The Kier molecular flexibility index (Phi) is 3.50. The Labute approximate surface area is 107 Å². The normalized spacial score (nSPS) is 19.7. The van der Waals surface area contributed by atoms with Crippen molar-refractivity contribution in [3.63, 3.8) is 0 Å². The highest BCUT2D eigenvalue weighted by molar-refractivity contribution is 7.10. The Hall–Kier alpha value is -2.05. The van der Waals surface area contributed by atoms with Crippen LogP contribution in [0.5, 0.6) is 0 Å². The second-order valence-electron chi connectivity index (χ2n) is 3.65. The standard InChI is InChI=1S/C10H10N4O3S/c1-17-10(16)8(7-3-2-4-18-7)14-5-6(9(14)15)12-13-11/h2-4,6,8H,5H2,1H3. The minimum absolute atomic E-state index is 0.237. The van der Waals surface area contributed by atoms with Crippen molar-refractivity contribution in [2.45, 2.75) is 12.1 Å². The van der Waals surface area contributed by atoms with Gasteiger partial charge in [-0.1, -0.05) is 11.2 Å². The molecule has 0 N–H and O–H groups in total. The van der Waals surface area contributed by atoms with Crippen LogP contribution in [0.1, 0.15) is 10.9 Å². The van der Waals surface area contributed by atoms with Crippen molar-refractivity contribution in [1.82, 2.24) is 4.90 Å². The molecule has 1 saturated heterocycles. The van der Waals surface area contributed by atoms with E-state index in [4.69, 9.17) is 10.3 Å². The number of rotatable bonds is 4. The average molecular weight is 266 g/mol. The molecule has 1 aromatic heterocycles. The molecule has 1 aliphatic rings. The van der Waals surface area contributed by atoms with Gasteiger partial charge in [0.2, 0.25) is 5.91 Å². The Bertz CT molecular complexity index is 509. The summed E-state index contributed by atoms with van der Waals surface area (Å²) in [4.78, 5) is 28.2. The third-order valence-electron chi connectivity index (χ3n) is 2.68. The van der Waals surface area contributed by atoms with Crippen LogP contribution in [-0.2, 0) is 14.3 Å². The number of esters is 1. The molecule has 1 amide bonds. The Morgan fingerprint density at radius 1 is 1.78 bits per heavy atom. The van der Waals surface area contributed by atoms with E-state index in [1.54, 1.807) is 12.1 Å². The second kappa shape index (κ2) is 5.07. The van der Waals surface area contributed by atoms with E-state index < -0.39 is 18.1 Å². The molecular formula is C10H10N4O3S. The fourth-order valence-electron chi connectivity index (χ4n) is 1.77. The number of amides is 1. The SMILES string of the molecule is COC(=O)C(c1cccs1)N1CC(N=[N+]=[N-])C1=O. The van der Waals surface area contributed by atoms with Gasteiger partial charge in [0.05, 0.1) is 7.11 Å². The molecule has 2 heterocycles. The maximum atomic E-state index is 11.8. The molecular weight excluding hydrogens is 256 g/mol. The first kappa shape index (κ1) is 12.4. The molecule has 1 fully saturated rings. The monoisotopic (exact) mass is 266 g/mol. The number of carbonyl (C=O) groups excluding carboxylic acids is 2. The van der Waals surface area contributed by atoms with Crippen molar-refractivity contribution in [3.05, 3.63) is 32.8 Å². The number of thiophene rings is 1. The number of β-lactam (4-membered cyclic amide) rings is 1. The summed E-state index contributed by atoms with van der Waals surface area (Å²) in [7, 11) is 1.28. The molecule has 2 rings (SSSR count). The Balaban J connectivity index is 2.20. The van der Waals surface area contributed by atoms with Crippen LogP contribution < -0.4 is 0 Å². The van der Waals surface area contributed by atoms with Gasteiger partial charge in [0.15, 0.2) is 6.04 Å². The van der Waals surface area contributed by atoms with Crippen molar-refractivity contribution in [2.24, 2.45) is 5.11 Å². The van der Waals surface area contributed by atoms with Crippen molar-refractivity contribution >= 4 is 23.2 Å². The lowest BCUT2D eigenvalue weighted by molar-refractivity contribution is -0.160. The summed E-state index contributed by atoms with van der Waals surface area (Å²) < 4.78 is 4.71. The van der Waals surface area contributed by atoms with Crippen LogP contribution in [0.15, 0.2) is 22.6 Å². The smallest absolute Gasteiger partial charge is 0.334 e. The van der Waals surface area contributed by atoms with Gasteiger partial charge < -0.3 is 9.64 Å². The van der Waals surface area contributed by atoms with Gasteiger partial charge in [-0.15, -0.1) is 11.3 Å². The van der Waals surface area contributed by atoms with Crippen LogP contribution in [0.4, 0.5) is 0 Å². The summed E-state index contributed by atoms with van der Waals surface area (Å²) >= 11 is 1.37. The number of azide groups is 1. The number of hydrogen-bond donors (Lipinski definition) is 0. The van der Waals surface area contributed by atoms with E-state index in [1.165, 1.54) is 23.3 Å². The number of hydrogen-bond acceptors (Lipinski definition) is 5. The molecule has 7 nitrogen and oxygen atoms in total. The lowest BCUT2D eigenvalue weighted by atomic mass is 10.0. The molecule has 1 aliphatic heterocycles. The molecule has 94 valence electrons. The maximum absolute atomic E-state index is 11.8.